The summed E-state index contributed by atoms with van der Waals surface area (Å²) in [6.07, 6.45) is 3.40. The van der Waals surface area contributed by atoms with Crippen LogP contribution in [0.1, 0.15) is 45.6 Å². The molecule has 106 valence electrons. The van der Waals surface area contributed by atoms with E-state index >= 15 is 0 Å². The van der Waals surface area contributed by atoms with Gasteiger partial charge in [0.2, 0.25) is 0 Å². The molecule has 0 radical (unpaired) electrons. The van der Waals surface area contributed by atoms with Crippen molar-refractivity contribution in [3.8, 4) is 0 Å². The molecule has 1 saturated carbocycles. The molecule has 0 saturated heterocycles. The lowest BCUT2D eigenvalue weighted by Crippen LogP contribution is -2.49. The maximum Gasteiger partial charge on any atom is 0.131 e. The van der Waals surface area contributed by atoms with Crippen molar-refractivity contribution in [1.29, 1.82) is 0 Å². The van der Waals surface area contributed by atoms with Gasteiger partial charge in [-0.1, -0.05) is 63.3 Å². The van der Waals surface area contributed by atoms with Gasteiger partial charge in [0.05, 0.1) is 0 Å². The Morgan fingerprint density at radius 2 is 1.90 bits per heavy atom. The molecular formula is C17H22N2S. The van der Waals surface area contributed by atoms with Gasteiger partial charge in [-0.2, -0.15) is 0 Å². The number of hydrogen-bond donors (Lipinski definition) is 1. The summed E-state index contributed by atoms with van der Waals surface area (Å²) in [7, 11) is 0. The highest BCUT2D eigenvalue weighted by atomic mass is 32.1. The first-order chi connectivity index (χ1) is 9.39. The van der Waals surface area contributed by atoms with Crippen LogP contribution in [0.5, 0.6) is 0 Å². The predicted molar refractivity (Wildman–Crippen MR) is 88.2 cm³/mol. The molecule has 2 atom stereocenters. The summed E-state index contributed by atoms with van der Waals surface area (Å²) in [4.78, 5) is 5.85. The van der Waals surface area contributed by atoms with Gasteiger partial charge in [-0.05, 0) is 30.6 Å². The molecule has 1 aromatic rings. The van der Waals surface area contributed by atoms with Gasteiger partial charge in [-0.15, -0.1) is 0 Å². The minimum absolute atomic E-state index is 0.177. The van der Waals surface area contributed by atoms with Crippen LogP contribution in [0.4, 0.5) is 0 Å². The monoisotopic (exact) mass is 286 g/mol. The van der Waals surface area contributed by atoms with E-state index in [9.17, 15) is 0 Å². The zero-order valence-corrected chi connectivity index (χ0v) is 13.3. The molecule has 0 bridgehead atoms. The molecular weight excluding hydrogens is 264 g/mol. The highest BCUT2D eigenvalue weighted by Gasteiger charge is 2.46. The lowest BCUT2D eigenvalue weighted by Gasteiger charge is -2.44. The Hall–Kier alpha value is -1.22. The van der Waals surface area contributed by atoms with E-state index in [1.54, 1.807) is 0 Å². The summed E-state index contributed by atoms with van der Waals surface area (Å²) in [5, 5.41) is 3.53. The normalized spacial score (nSPS) is 32.0. The van der Waals surface area contributed by atoms with Crippen molar-refractivity contribution in [2.75, 3.05) is 0 Å². The Labute approximate surface area is 126 Å². The van der Waals surface area contributed by atoms with Crippen LogP contribution < -0.4 is 5.32 Å². The van der Waals surface area contributed by atoms with Gasteiger partial charge in [-0.3, -0.25) is 4.99 Å². The number of nitrogens with one attached hydrogen (secondary N) is 1. The minimum atomic E-state index is -0.177. The summed E-state index contributed by atoms with van der Waals surface area (Å²) in [6.45, 7) is 7.00. The van der Waals surface area contributed by atoms with Crippen molar-refractivity contribution in [3.63, 3.8) is 0 Å². The third-order valence-electron chi connectivity index (χ3n) is 4.29. The fourth-order valence-electron chi connectivity index (χ4n) is 4.06. The fraction of sp³-hybridized carbons (Fsp3) is 0.529. The maximum atomic E-state index is 5.55. The lowest BCUT2D eigenvalue weighted by atomic mass is 9.68. The van der Waals surface area contributed by atoms with Gasteiger partial charge in [0.25, 0.3) is 0 Å². The number of hydrogen-bond acceptors (Lipinski definition) is 2. The van der Waals surface area contributed by atoms with Gasteiger partial charge in [-0.25, -0.2) is 0 Å². The molecule has 1 aliphatic carbocycles. The van der Waals surface area contributed by atoms with Crippen molar-refractivity contribution < 1.29 is 0 Å². The molecule has 1 spiro atoms. The van der Waals surface area contributed by atoms with E-state index in [1.807, 2.05) is 18.2 Å². The number of thiocarbonyl (C=S) groups is 1. The highest BCUT2D eigenvalue weighted by Crippen LogP contribution is 2.46. The first-order valence-electron chi connectivity index (χ1n) is 7.37. The second-order valence-electron chi connectivity index (χ2n) is 7.17. The van der Waals surface area contributed by atoms with Gasteiger partial charge >= 0.3 is 0 Å². The van der Waals surface area contributed by atoms with E-state index in [4.69, 9.17) is 17.2 Å². The Bertz CT molecular complexity index is 562. The maximum absolute atomic E-state index is 5.55. The molecule has 1 aromatic carbocycles. The van der Waals surface area contributed by atoms with Crippen LogP contribution in [0.25, 0.3) is 0 Å². The fourth-order valence-corrected chi connectivity index (χ4v) is 4.42. The van der Waals surface area contributed by atoms with Gasteiger partial charge in [0.1, 0.15) is 16.4 Å². The van der Waals surface area contributed by atoms with E-state index < -0.39 is 0 Å². The van der Waals surface area contributed by atoms with Crippen LogP contribution in [0.2, 0.25) is 0 Å². The van der Waals surface area contributed by atoms with Crippen molar-refractivity contribution >= 4 is 22.9 Å². The average molecular weight is 286 g/mol. The first kappa shape index (κ1) is 13.7. The average Bonchev–Trinajstić information content (AvgIpc) is 2.63. The number of aliphatic imine (C=N–C) groups is 1. The summed E-state index contributed by atoms with van der Waals surface area (Å²) in [5.41, 5.74) is 2.22. The number of benzene rings is 1. The van der Waals surface area contributed by atoms with E-state index in [0.29, 0.717) is 11.3 Å². The topological polar surface area (TPSA) is 24.4 Å². The van der Waals surface area contributed by atoms with Crippen LogP contribution in [0.3, 0.4) is 0 Å². The summed E-state index contributed by atoms with van der Waals surface area (Å²) in [5.74, 6) is 0.674. The Kier molecular flexibility index (Phi) is 3.20. The van der Waals surface area contributed by atoms with E-state index in [-0.39, 0.29) is 5.66 Å². The van der Waals surface area contributed by atoms with Gasteiger partial charge < -0.3 is 5.32 Å². The Morgan fingerprint density at radius 1 is 1.20 bits per heavy atom. The van der Waals surface area contributed by atoms with Crippen LogP contribution in [-0.2, 0) is 0 Å². The molecule has 0 aromatic heterocycles. The summed E-state index contributed by atoms with van der Waals surface area (Å²) >= 11 is 5.55. The molecule has 3 rings (SSSR count). The molecule has 1 aliphatic heterocycles. The zero-order chi connectivity index (χ0) is 14.4. The molecule has 2 unspecified atom stereocenters. The molecule has 0 amide bonds. The van der Waals surface area contributed by atoms with Gasteiger partial charge in [0.15, 0.2) is 0 Å². The van der Waals surface area contributed by atoms with Crippen LogP contribution >= 0.6 is 12.2 Å². The molecule has 3 heteroatoms. The SMILES string of the molecule is CC1CC(C)(C)CC2(C1)N=C(c1ccccc1)C(=S)N2. The molecule has 20 heavy (non-hydrogen) atoms. The van der Waals surface area contributed by atoms with Crippen LogP contribution in [-0.4, -0.2) is 16.4 Å². The second-order valence-corrected chi connectivity index (χ2v) is 7.57. The third kappa shape index (κ3) is 2.51. The van der Waals surface area contributed by atoms with Crippen LogP contribution in [0.15, 0.2) is 35.3 Å². The number of rotatable bonds is 1. The van der Waals surface area contributed by atoms with Crippen molar-refractivity contribution in [3.05, 3.63) is 35.9 Å². The Morgan fingerprint density at radius 3 is 2.55 bits per heavy atom. The summed E-state index contributed by atoms with van der Waals surface area (Å²) < 4.78 is 0. The first-order valence-corrected chi connectivity index (χ1v) is 7.78. The second kappa shape index (κ2) is 4.66. The van der Waals surface area contributed by atoms with Crippen molar-refractivity contribution in [2.24, 2.45) is 16.3 Å². The van der Waals surface area contributed by atoms with Crippen molar-refractivity contribution in [2.45, 2.75) is 45.7 Å². The molecule has 1 N–H and O–H groups in total. The minimum Gasteiger partial charge on any atom is -0.351 e. The van der Waals surface area contributed by atoms with E-state index in [2.05, 4.69) is 38.2 Å². The highest BCUT2D eigenvalue weighted by molar-refractivity contribution is 7.82. The molecule has 1 fully saturated rings. The molecule has 2 aliphatic rings. The smallest absolute Gasteiger partial charge is 0.131 e. The van der Waals surface area contributed by atoms with E-state index in [1.165, 1.54) is 6.42 Å². The van der Waals surface area contributed by atoms with E-state index in [0.717, 1.165) is 29.1 Å². The standard InChI is InChI=1S/C17H22N2S/c1-12-9-16(2,3)11-17(10-12)18-14(15(20)19-17)13-7-5-4-6-8-13/h4-8,12H,9-11H2,1-3H3,(H,19,20). The summed E-state index contributed by atoms with van der Waals surface area (Å²) in [6, 6.07) is 10.3. The number of nitrogens with zero attached hydrogens (tertiary/aromatic N) is 1. The van der Waals surface area contributed by atoms with Crippen molar-refractivity contribution in [1.82, 2.24) is 5.32 Å². The third-order valence-corrected chi connectivity index (χ3v) is 4.59. The van der Waals surface area contributed by atoms with Crippen LogP contribution in [0, 0.1) is 11.3 Å². The van der Waals surface area contributed by atoms with Gasteiger partial charge in [0, 0.05) is 5.56 Å². The molecule has 2 nitrogen and oxygen atoms in total. The quantitative estimate of drug-likeness (QED) is 0.791. The predicted octanol–water partition coefficient (Wildman–Crippen LogP) is 3.95. The zero-order valence-electron chi connectivity index (χ0n) is 12.4. The largest absolute Gasteiger partial charge is 0.351 e. The molecule has 1 heterocycles. The Balaban J connectivity index is 1.97. The lowest BCUT2D eigenvalue weighted by molar-refractivity contribution is 0.104.